The number of hydrogen-bond acceptors (Lipinski definition) is 2. The van der Waals surface area contributed by atoms with Crippen molar-refractivity contribution < 1.29 is 5.11 Å². The lowest BCUT2D eigenvalue weighted by Gasteiger charge is -2.28. The number of rotatable bonds is 3. The highest BCUT2D eigenvalue weighted by molar-refractivity contribution is 5.45. The molecule has 1 unspecified atom stereocenters. The van der Waals surface area contributed by atoms with Crippen molar-refractivity contribution in [1.82, 2.24) is 5.32 Å². The van der Waals surface area contributed by atoms with Crippen LogP contribution in [0.4, 0.5) is 0 Å². The molecule has 0 aromatic heterocycles. The van der Waals surface area contributed by atoms with Gasteiger partial charge in [0.15, 0.2) is 0 Å². The Balaban J connectivity index is 1.96. The van der Waals surface area contributed by atoms with Gasteiger partial charge < -0.3 is 10.4 Å². The minimum atomic E-state index is 0.211. The number of benzene rings is 2. The van der Waals surface area contributed by atoms with Crippen LogP contribution in [0.2, 0.25) is 0 Å². The maximum atomic E-state index is 9.01. The lowest BCUT2D eigenvalue weighted by Crippen LogP contribution is -2.30. The van der Waals surface area contributed by atoms with Crippen LogP contribution in [0.1, 0.15) is 39.4 Å². The highest BCUT2D eigenvalue weighted by Gasteiger charge is 2.21. The summed E-state index contributed by atoms with van der Waals surface area (Å²) in [4.78, 5) is 0. The number of hydrogen-bond donors (Lipinski definition) is 2. The third-order valence-corrected chi connectivity index (χ3v) is 4.52. The number of aryl methyl sites for hydroxylation is 2. The van der Waals surface area contributed by atoms with E-state index in [9.17, 15) is 0 Å². The third kappa shape index (κ3) is 2.87. The molecular formula is C19H23NO. The van der Waals surface area contributed by atoms with Crippen LogP contribution >= 0.6 is 0 Å². The van der Waals surface area contributed by atoms with Crippen LogP contribution in [0.5, 0.6) is 0 Å². The van der Waals surface area contributed by atoms with Crippen molar-refractivity contribution in [2.75, 3.05) is 13.2 Å². The van der Waals surface area contributed by atoms with E-state index in [-0.39, 0.29) is 12.6 Å². The van der Waals surface area contributed by atoms with Crippen molar-refractivity contribution in [2.24, 2.45) is 0 Å². The van der Waals surface area contributed by atoms with Gasteiger partial charge in [0.1, 0.15) is 0 Å². The smallest absolute Gasteiger partial charge is 0.0579 e. The van der Waals surface area contributed by atoms with Gasteiger partial charge in [0.05, 0.1) is 6.04 Å². The van der Waals surface area contributed by atoms with E-state index in [0.29, 0.717) is 0 Å². The molecule has 1 heterocycles. The zero-order chi connectivity index (χ0) is 14.8. The van der Waals surface area contributed by atoms with Gasteiger partial charge in [0, 0.05) is 13.2 Å². The lowest BCUT2D eigenvalue weighted by molar-refractivity contribution is 0.299. The van der Waals surface area contributed by atoms with Crippen LogP contribution in [0.3, 0.4) is 0 Å². The highest BCUT2D eigenvalue weighted by Crippen LogP contribution is 2.30. The van der Waals surface area contributed by atoms with Crippen LogP contribution in [-0.4, -0.2) is 18.3 Å². The second kappa shape index (κ2) is 6.00. The molecule has 1 aliphatic heterocycles. The van der Waals surface area contributed by atoms with Crippen molar-refractivity contribution in [3.63, 3.8) is 0 Å². The van der Waals surface area contributed by atoms with E-state index < -0.39 is 0 Å². The molecule has 1 atom stereocenters. The first-order valence-corrected chi connectivity index (χ1v) is 7.72. The standard InChI is InChI=1S/C19H23NO/c1-13-11-17-7-9-20-19(18(17)12-14(13)2)16-5-3-15(4-6-16)8-10-21/h3-6,11-12,19-21H,7-10H2,1-2H3. The van der Waals surface area contributed by atoms with Gasteiger partial charge in [-0.3, -0.25) is 0 Å². The van der Waals surface area contributed by atoms with Crippen LogP contribution in [-0.2, 0) is 12.8 Å². The molecule has 0 saturated heterocycles. The fourth-order valence-electron chi connectivity index (χ4n) is 3.15. The van der Waals surface area contributed by atoms with Gasteiger partial charge >= 0.3 is 0 Å². The van der Waals surface area contributed by atoms with E-state index in [1.807, 2.05) is 0 Å². The number of fused-ring (bicyclic) bond motifs is 1. The van der Waals surface area contributed by atoms with Crippen molar-refractivity contribution in [3.05, 3.63) is 69.8 Å². The zero-order valence-corrected chi connectivity index (χ0v) is 12.8. The first-order chi connectivity index (χ1) is 10.2. The van der Waals surface area contributed by atoms with Gasteiger partial charge in [0.2, 0.25) is 0 Å². The second-order valence-electron chi connectivity index (χ2n) is 5.99. The third-order valence-electron chi connectivity index (χ3n) is 4.52. The number of aliphatic hydroxyl groups is 1. The van der Waals surface area contributed by atoms with Crippen molar-refractivity contribution >= 4 is 0 Å². The summed E-state index contributed by atoms with van der Waals surface area (Å²) in [5.74, 6) is 0. The molecule has 2 N–H and O–H groups in total. The predicted octanol–water partition coefficient (Wildman–Crippen LogP) is 3.07. The average Bonchev–Trinajstić information content (AvgIpc) is 2.49. The maximum Gasteiger partial charge on any atom is 0.0579 e. The van der Waals surface area contributed by atoms with Crippen LogP contribution < -0.4 is 5.32 Å². The zero-order valence-electron chi connectivity index (χ0n) is 12.8. The Bertz CT molecular complexity index is 631. The first-order valence-electron chi connectivity index (χ1n) is 7.72. The van der Waals surface area contributed by atoms with Crippen molar-refractivity contribution in [2.45, 2.75) is 32.7 Å². The quantitative estimate of drug-likeness (QED) is 0.906. The minimum absolute atomic E-state index is 0.211. The molecular weight excluding hydrogens is 258 g/mol. The SMILES string of the molecule is Cc1cc2c(cc1C)C(c1ccc(CCO)cc1)NCC2. The van der Waals surface area contributed by atoms with Gasteiger partial charge in [-0.15, -0.1) is 0 Å². The van der Waals surface area contributed by atoms with E-state index in [0.717, 1.165) is 19.4 Å². The fraction of sp³-hybridized carbons (Fsp3) is 0.368. The highest BCUT2D eigenvalue weighted by atomic mass is 16.2. The maximum absolute atomic E-state index is 9.01. The summed E-state index contributed by atoms with van der Waals surface area (Å²) >= 11 is 0. The fourth-order valence-corrected chi connectivity index (χ4v) is 3.15. The Morgan fingerprint density at radius 2 is 1.81 bits per heavy atom. The summed E-state index contributed by atoms with van der Waals surface area (Å²) in [6.07, 6.45) is 1.84. The molecule has 1 aliphatic rings. The molecule has 2 heteroatoms. The minimum Gasteiger partial charge on any atom is -0.396 e. The molecule has 0 aliphatic carbocycles. The predicted molar refractivity (Wildman–Crippen MR) is 86.7 cm³/mol. The van der Waals surface area contributed by atoms with Crippen LogP contribution in [0.25, 0.3) is 0 Å². The molecule has 0 radical (unpaired) electrons. The Morgan fingerprint density at radius 1 is 1.10 bits per heavy atom. The monoisotopic (exact) mass is 281 g/mol. The Hall–Kier alpha value is -1.64. The Labute approximate surface area is 126 Å². The molecule has 3 rings (SSSR count). The summed E-state index contributed by atoms with van der Waals surface area (Å²) in [6, 6.07) is 13.6. The summed E-state index contributed by atoms with van der Waals surface area (Å²) in [5, 5.41) is 12.7. The molecule has 0 amide bonds. The second-order valence-corrected chi connectivity index (χ2v) is 5.99. The van der Waals surface area contributed by atoms with Gasteiger partial charge in [-0.25, -0.2) is 0 Å². The molecule has 0 fully saturated rings. The van der Waals surface area contributed by atoms with E-state index in [1.54, 1.807) is 0 Å². The largest absolute Gasteiger partial charge is 0.396 e. The molecule has 0 saturated carbocycles. The molecule has 2 nitrogen and oxygen atoms in total. The Kier molecular flexibility index (Phi) is 4.09. The van der Waals surface area contributed by atoms with E-state index in [1.165, 1.54) is 33.4 Å². The lowest BCUT2D eigenvalue weighted by atomic mass is 9.87. The molecule has 2 aromatic rings. The van der Waals surface area contributed by atoms with E-state index in [4.69, 9.17) is 5.11 Å². The summed E-state index contributed by atoms with van der Waals surface area (Å²) < 4.78 is 0. The van der Waals surface area contributed by atoms with Crippen LogP contribution in [0, 0.1) is 13.8 Å². The van der Waals surface area contributed by atoms with Gasteiger partial charge in [-0.05, 0) is 60.1 Å². The molecule has 21 heavy (non-hydrogen) atoms. The molecule has 0 bridgehead atoms. The summed E-state index contributed by atoms with van der Waals surface area (Å²) in [5.41, 5.74) is 8.13. The molecule has 110 valence electrons. The van der Waals surface area contributed by atoms with E-state index >= 15 is 0 Å². The van der Waals surface area contributed by atoms with Gasteiger partial charge in [-0.2, -0.15) is 0 Å². The van der Waals surface area contributed by atoms with Gasteiger partial charge in [-0.1, -0.05) is 36.4 Å². The molecule has 0 spiro atoms. The van der Waals surface area contributed by atoms with Crippen molar-refractivity contribution in [3.8, 4) is 0 Å². The summed E-state index contributed by atoms with van der Waals surface area (Å²) in [6.45, 7) is 5.61. The van der Waals surface area contributed by atoms with Gasteiger partial charge in [0.25, 0.3) is 0 Å². The number of aliphatic hydroxyl groups excluding tert-OH is 1. The Morgan fingerprint density at radius 3 is 2.52 bits per heavy atom. The van der Waals surface area contributed by atoms with Crippen LogP contribution in [0.15, 0.2) is 36.4 Å². The molecule has 2 aromatic carbocycles. The van der Waals surface area contributed by atoms with Crippen molar-refractivity contribution in [1.29, 1.82) is 0 Å². The summed E-state index contributed by atoms with van der Waals surface area (Å²) in [7, 11) is 0. The topological polar surface area (TPSA) is 32.3 Å². The average molecular weight is 281 g/mol. The van der Waals surface area contributed by atoms with E-state index in [2.05, 4.69) is 55.6 Å². The normalized spacial score (nSPS) is 17.6. The number of nitrogens with one attached hydrogen (secondary N) is 1. The first kappa shape index (κ1) is 14.3.